The van der Waals surface area contributed by atoms with Crippen molar-refractivity contribution in [2.24, 2.45) is 0 Å². The first-order valence-corrected chi connectivity index (χ1v) is 5.63. The van der Waals surface area contributed by atoms with Crippen LogP contribution >= 0.6 is 0 Å². The lowest BCUT2D eigenvalue weighted by molar-refractivity contribution is 0.983. The molecule has 3 aromatic rings. The van der Waals surface area contributed by atoms with Crippen molar-refractivity contribution >= 4 is 22.6 Å². The second-order valence-corrected chi connectivity index (χ2v) is 4.53. The predicted octanol–water partition coefficient (Wildman–Crippen LogP) is 0.945. The summed E-state index contributed by atoms with van der Waals surface area (Å²) < 4.78 is 1.84. The molecule has 18 heavy (non-hydrogen) atoms. The maximum atomic E-state index is 12.0. The van der Waals surface area contributed by atoms with Gasteiger partial charge >= 0.3 is 0 Å². The minimum atomic E-state index is -0.140. The second kappa shape index (κ2) is 3.56. The largest absolute Gasteiger partial charge is 0.347 e. The number of hydrogen-bond donors (Lipinski definition) is 1. The molecule has 0 aliphatic carbocycles. The van der Waals surface area contributed by atoms with Gasteiger partial charge < -0.3 is 4.90 Å². The summed E-state index contributed by atoms with van der Waals surface area (Å²) in [5.74, 6) is 1.15. The van der Waals surface area contributed by atoms with Crippen LogP contribution < -0.4 is 10.5 Å². The van der Waals surface area contributed by atoms with Gasteiger partial charge in [0.2, 0.25) is 11.7 Å². The van der Waals surface area contributed by atoms with Gasteiger partial charge in [-0.3, -0.25) is 9.78 Å². The van der Waals surface area contributed by atoms with Gasteiger partial charge in [0.15, 0.2) is 0 Å². The summed E-state index contributed by atoms with van der Waals surface area (Å²) in [6.07, 6.45) is 0. The van der Waals surface area contributed by atoms with Gasteiger partial charge in [-0.25, -0.2) is 4.40 Å². The summed E-state index contributed by atoms with van der Waals surface area (Å²) in [4.78, 5) is 16.6. The van der Waals surface area contributed by atoms with E-state index in [0.29, 0.717) is 17.1 Å². The molecule has 2 aromatic heterocycles. The van der Waals surface area contributed by atoms with Crippen molar-refractivity contribution in [3.63, 3.8) is 0 Å². The van der Waals surface area contributed by atoms with Crippen LogP contribution in [0.2, 0.25) is 0 Å². The quantitative estimate of drug-likeness (QED) is 0.691. The summed E-state index contributed by atoms with van der Waals surface area (Å²) in [7, 11) is 3.78. The Hall–Kier alpha value is -2.37. The number of aromatic nitrogens is 4. The molecule has 0 radical (unpaired) electrons. The van der Waals surface area contributed by atoms with Crippen molar-refractivity contribution in [1.29, 1.82) is 0 Å². The fourth-order valence-corrected chi connectivity index (χ4v) is 2.06. The van der Waals surface area contributed by atoms with Gasteiger partial charge in [-0.1, -0.05) is 11.6 Å². The fourth-order valence-electron chi connectivity index (χ4n) is 2.06. The van der Waals surface area contributed by atoms with Crippen LogP contribution in [0.4, 0.5) is 5.95 Å². The molecule has 0 bridgehead atoms. The number of fused-ring (bicyclic) bond motifs is 3. The topological polar surface area (TPSA) is 66.3 Å². The van der Waals surface area contributed by atoms with Gasteiger partial charge in [-0.15, -0.1) is 10.2 Å². The van der Waals surface area contributed by atoms with E-state index in [1.807, 2.05) is 48.5 Å². The molecule has 0 aliphatic rings. The van der Waals surface area contributed by atoms with Crippen molar-refractivity contribution in [3.8, 4) is 0 Å². The molecule has 0 unspecified atom stereocenters. The van der Waals surface area contributed by atoms with Gasteiger partial charge in [-0.05, 0) is 19.1 Å². The molecule has 0 spiro atoms. The molecule has 3 rings (SSSR count). The van der Waals surface area contributed by atoms with Crippen molar-refractivity contribution < 1.29 is 0 Å². The summed E-state index contributed by atoms with van der Waals surface area (Å²) >= 11 is 0. The first-order valence-electron chi connectivity index (χ1n) is 5.63. The van der Waals surface area contributed by atoms with E-state index in [1.165, 1.54) is 0 Å². The molecular formula is C12H13N5O. The highest BCUT2D eigenvalue weighted by Gasteiger charge is 2.12. The van der Waals surface area contributed by atoms with E-state index >= 15 is 0 Å². The molecule has 0 amide bonds. The monoisotopic (exact) mass is 243 g/mol. The molecular weight excluding hydrogens is 230 g/mol. The number of H-pyrrole nitrogens is 1. The number of aromatic amines is 1. The lowest BCUT2D eigenvalue weighted by atomic mass is 10.2. The summed E-state index contributed by atoms with van der Waals surface area (Å²) in [6.45, 7) is 1.96. The Labute approximate surface area is 103 Å². The molecule has 0 aliphatic heterocycles. The predicted molar refractivity (Wildman–Crippen MR) is 70.2 cm³/mol. The van der Waals surface area contributed by atoms with E-state index < -0.39 is 0 Å². The van der Waals surface area contributed by atoms with Crippen LogP contribution in [-0.4, -0.2) is 33.7 Å². The number of nitrogens with zero attached hydrogens (tertiary/aromatic N) is 4. The molecule has 92 valence electrons. The second-order valence-electron chi connectivity index (χ2n) is 4.53. The van der Waals surface area contributed by atoms with Crippen LogP contribution in [-0.2, 0) is 0 Å². The maximum absolute atomic E-state index is 12.0. The highest BCUT2D eigenvalue weighted by atomic mass is 16.1. The van der Waals surface area contributed by atoms with E-state index in [4.69, 9.17) is 0 Å². The van der Waals surface area contributed by atoms with Gasteiger partial charge in [0.25, 0.3) is 5.56 Å². The number of aryl methyl sites for hydroxylation is 1. The van der Waals surface area contributed by atoms with E-state index in [2.05, 4.69) is 15.2 Å². The first-order chi connectivity index (χ1) is 8.58. The van der Waals surface area contributed by atoms with Crippen molar-refractivity contribution in [1.82, 2.24) is 19.6 Å². The highest BCUT2D eigenvalue weighted by molar-refractivity contribution is 5.81. The number of benzene rings is 1. The van der Waals surface area contributed by atoms with Gasteiger partial charge in [0, 0.05) is 14.1 Å². The smallest absolute Gasteiger partial charge is 0.260 e. The fraction of sp³-hybridized carbons (Fsp3) is 0.250. The van der Waals surface area contributed by atoms with Crippen LogP contribution in [0.3, 0.4) is 0 Å². The molecule has 0 saturated carbocycles. The Balaban J connectivity index is 2.57. The third-order valence-electron chi connectivity index (χ3n) is 2.91. The van der Waals surface area contributed by atoms with Crippen molar-refractivity contribution in [3.05, 3.63) is 34.1 Å². The number of nitrogens with one attached hydrogen (secondary N) is 1. The van der Waals surface area contributed by atoms with E-state index in [9.17, 15) is 4.79 Å². The molecule has 0 fully saturated rings. The maximum Gasteiger partial charge on any atom is 0.260 e. The van der Waals surface area contributed by atoms with E-state index in [-0.39, 0.29) is 5.56 Å². The third-order valence-corrected chi connectivity index (χ3v) is 2.91. The molecule has 6 heteroatoms. The van der Waals surface area contributed by atoms with E-state index in [1.54, 1.807) is 0 Å². The summed E-state index contributed by atoms with van der Waals surface area (Å²) in [5, 5.41) is 8.71. The molecule has 0 saturated heterocycles. The molecule has 2 heterocycles. The van der Waals surface area contributed by atoms with Crippen molar-refractivity contribution in [2.45, 2.75) is 6.92 Å². The number of hydrogen-bond acceptors (Lipinski definition) is 4. The Morgan fingerprint density at radius 3 is 2.78 bits per heavy atom. The molecule has 1 N–H and O–H groups in total. The zero-order valence-corrected chi connectivity index (χ0v) is 10.4. The van der Waals surface area contributed by atoms with Crippen molar-refractivity contribution in [2.75, 3.05) is 19.0 Å². The Morgan fingerprint density at radius 2 is 2.06 bits per heavy atom. The summed E-state index contributed by atoms with van der Waals surface area (Å²) in [6, 6.07) is 5.76. The third kappa shape index (κ3) is 1.38. The standard InChI is InChI=1S/C12H13N5O/c1-7-4-5-9-8(6-7)10(18)13-11-14-15-12(16(2)3)17(9)11/h4-6H,1-3H3,(H,13,14,18). The molecule has 0 atom stereocenters. The van der Waals surface area contributed by atoms with Crippen LogP contribution in [0.5, 0.6) is 0 Å². The minimum absolute atomic E-state index is 0.140. The number of rotatable bonds is 1. The van der Waals surface area contributed by atoms with Crippen LogP contribution in [0.25, 0.3) is 16.7 Å². The van der Waals surface area contributed by atoms with Gasteiger partial charge in [0.1, 0.15) is 0 Å². The van der Waals surface area contributed by atoms with Crippen LogP contribution in [0.15, 0.2) is 23.0 Å². The van der Waals surface area contributed by atoms with Gasteiger partial charge in [-0.2, -0.15) is 0 Å². The highest BCUT2D eigenvalue weighted by Crippen LogP contribution is 2.17. The lowest BCUT2D eigenvalue weighted by Crippen LogP contribution is -2.15. The Kier molecular flexibility index (Phi) is 2.13. The average molecular weight is 243 g/mol. The first kappa shape index (κ1) is 10.8. The number of anilines is 1. The molecule has 6 nitrogen and oxygen atoms in total. The molecule has 1 aromatic carbocycles. The lowest BCUT2D eigenvalue weighted by Gasteiger charge is -2.10. The van der Waals surface area contributed by atoms with Gasteiger partial charge in [0.05, 0.1) is 10.9 Å². The van der Waals surface area contributed by atoms with Crippen LogP contribution in [0, 0.1) is 6.92 Å². The summed E-state index contributed by atoms with van der Waals surface area (Å²) in [5.41, 5.74) is 1.72. The minimum Gasteiger partial charge on any atom is -0.347 e. The Bertz CT molecular complexity index is 799. The van der Waals surface area contributed by atoms with E-state index in [0.717, 1.165) is 11.1 Å². The van der Waals surface area contributed by atoms with Crippen LogP contribution in [0.1, 0.15) is 5.56 Å². The zero-order chi connectivity index (χ0) is 12.9. The Morgan fingerprint density at radius 1 is 1.28 bits per heavy atom. The normalized spacial score (nSPS) is 11.3. The average Bonchev–Trinajstić information content (AvgIpc) is 2.73. The zero-order valence-electron chi connectivity index (χ0n) is 10.4. The SMILES string of the molecule is Cc1ccc2c(c1)c(=O)[nH]c1nnc(N(C)C)n12.